The first kappa shape index (κ1) is 19.3. The normalized spacial score (nSPS) is 13.0. The molecular weight excluding hydrogens is 384 g/mol. The van der Waals surface area contributed by atoms with Crippen molar-refractivity contribution in [2.75, 3.05) is 17.2 Å². The summed E-state index contributed by atoms with van der Waals surface area (Å²) in [6.45, 7) is 1.13. The quantitative estimate of drug-likeness (QED) is 0.656. The van der Waals surface area contributed by atoms with E-state index in [1.165, 1.54) is 0 Å². The lowest BCUT2D eigenvalue weighted by atomic mass is 10.1. The fraction of sp³-hybridized carbons (Fsp3) is 0.227. The van der Waals surface area contributed by atoms with Crippen molar-refractivity contribution in [1.29, 1.82) is 0 Å². The van der Waals surface area contributed by atoms with Gasteiger partial charge in [0.2, 0.25) is 11.8 Å². The third kappa shape index (κ3) is 4.68. The number of nitrogens with zero attached hydrogens (tertiary/aromatic N) is 2. The first-order valence-corrected chi connectivity index (χ1v) is 10.6. The van der Waals surface area contributed by atoms with E-state index in [0.29, 0.717) is 13.1 Å². The Morgan fingerprint density at radius 2 is 1.90 bits per heavy atom. The van der Waals surface area contributed by atoms with Crippen LogP contribution in [0.2, 0.25) is 0 Å². The van der Waals surface area contributed by atoms with Crippen LogP contribution in [0.4, 0.5) is 5.69 Å². The highest BCUT2D eigenvalue weighted by Crippen LogP contribution is 2.34. The smallest absolute Gasteiger partial charge is 0.227 e. The molecular formula is C22H22N4O2S. The van der Waals surface area contributed by atoms with Crippen LogP contribution in [0.5, 0.6) is 0 Å². The van der Waals surface area contributed by atoms with Crippen LogP contribution < -0.4 is 10.2 Å². The molecule has 0 aliphatic carbocycles. The zero-order valence-corrected chi connectivity index (χ0v) is 16.7. The second-order valence-electron chi connectivity index (χ2n) is 6.81. The van der Waals surface area contributed by atoms with Crippen molar-refractivity contribution >= 4 is 29.3 Å². The largest absolute Gasteiger partial charge is 0.352 e. The van der Waals surface area contributed by atoms with Gasteiger partial charge < -0.3 is 10.2 Å². The molecule has 0 fully saturated rings. The number of hydrogen-bond acceptors (Lipinski definition) is 4. The molecule has 0 bridgehead atoms. The number of aromatic amines is 1. The number of para-hydroxylation sites is 1. The molecule has 0 unspecified atom stereocenters. The van der Waals surface area contributed by atoms with Crippen molar-refractivity contribution < 1.29 is 9.59 Å². The summed E-state index contributed by atoms with van der Waals surface area (Å²) in [7, 11) is 0. The van der Waals surface area contributed by atoms with Crippen molar-refractivity contribution in [1.82, 2.24) is 15.5 Å². The maximum Gasteiger partial charge on any atom is 0.227 e. The third-order valence-corrected chi connectivity index (χ3v) is 5.89. The molecule has 1 aliphatic heterocycles. The minimum atomic E-state index is -0.115. The molecule has 3 aromatic rings. The number of hydrogen-bond donors (Lipinski definition) is 2. The van der Waals surface area contributed by atoms with Gasteiger partial charge in [-0.15, -0.1) is 11.8 Å². The number of thioether (sulfide) groups is 1. The van der Waals surface area contributed by atoms with Gasteiger partial charge in [-0.1, -0.05) is 36.4 Å². The zero-order chi connectivity index (χ0) is 20.1. The van der Waals surface area contributed by atoms with Gasteiger partial charge in [0.1, 0.15) is 0 Å². The summed E-state index contributed by atoms with van der Waals surface area (Å²) >= 11 is 1.76. The zero-order valence-electron chi connectivity index (χ0n) is 15.9. The monoisotopic (exact) mass is 406 g/mol. The van der Waals surface area contributed by atoms with E-state index in [2.05, 4.69) is 15.5 Å². The SMILES string of the molecule is O=C(CCC(=O)N1CCSc2ccccc21)NCc1ccc(-c2ccn[nH]2)cc1. The van der Waals surface area contributed by atoms with E-state index in [9.17, 15) is 9.59 Å². The van der Waals surface area contributed by atoms with Gasteiger partial charge in [0.05, 0.1) is 11.4 Å². The number of fused-ring (bicyclic) bond motifs is 1. The molecule has 0 spiro atoms. The lowest BCUT2D eigenvalue weighted by molar-refractivity contribution is -0.125. The van der Waals surface area contributed by atoms with Gasteiger partial charge in [-0.2, -0.15) is 5.10 Å². The number of amides is 2. The highest BCUT2D eigenvalue weighted by molar-refractivity contribution is 7.99. The van der Waals surface area contributed by atoms with Crippen molar-refractivity contribution in [3.63, 3.8) is 0 Å². The number of carbonyl (C=O) groups is 2. The Labute approximate surface area is 173 Å². The third-order valence-electron chi connectivity index (χ3n) is 4.85. The van der Waals surface area contributed by atoms with E-state index in [1.54, 1.807) is 22.9 Å². The van der Waals surface area contributed by atoms with Gasteiger partial charge in [-0.25, -0.2) is 0 Å². The molecule has 7 heteroatoms. The van der Waals surface area contributed by atoms with Crippen LogP contribution >= 0.6 is 11.8 Å². The molecule has 6 nitrogen and oxygen atoms in total. The van der Waals surface area contributed by atoms with Gasteiger partial charge in [0.25, 0.3) is 0 Å². The van der Waals surface area contributed by atoms with Gasteiger partial charge in [0.15, 0.2) is 0 Å². The van der Waals surface area contributed by atoms with Crippen LogP contribution in [-0.4, -0.2) is 34.3 Å². The fourth-order valence-electron chi connectivity index (χ4n) is 3.29. The van der Waals surface area contributed by atoms with Crippen molar-refractivity contribution in [2.45, 2.75) is 24.3 Å². The van der Waals surface area contributed by atoms with Crippen LogP contribution in [0.25, 0.3) is 11.3 Å². The number of benzene rings is 2. The van der Waals surface area contributed by atoms with Gasteiger partial charge in [0, 0.05) is 42.8 Å². The maximum absolute atomic E-state index is 12.6. The minimum absolute atomic E-state index is 0.00295. The number of rotatable bonds is 6. The van der Waals surface area contributed by atoms with Crippen LogP contribution in [0, 0.1) is 0 Å². The van der Waals surface area contributed by atoms with Gasteiger partial charge >= 0.3 is 0 Å². The molecule has 0 radical (unpaired) electrons. The van der Waals surface area contributed by atoms with Crippen LogP contribution in [0.15, 0.2) is 65.7 Å². The fourth-order valence-corrected chi connectivity index (χ4v) is 4.29. The number of carbonyl (C=O) groups excluding carboxylic acids is 2. The van der Waals surface area contributed by atoms with E-state index >= 15 is 0 Å². The lowest BCUT2D eigenvalue weighted by Gasteiger charge is -2.29. The van der Waals surface area contributed by atoms with E-state index in [-0.39, 0.29) is 24.7 Å². The molecule has 2 heterocycles. The molecule has 2 amide bonds. The predicted octanol–water partition coefficient (Wildman–Crippen LogP) is 3.61. The van der Waals surface area contributed by atoms with Crippen LogP contribution in [0.3, 0.4) is 0 Å². The summed E-state index contributed by atoms with van der Waals surface area (Å²) in [4.78, 5) is 27.7. The maximum atomic E-state index is 12.6. The average Bonchev–Trinajstić information content (AvgIpc) is 3.31. The topological polar surface area (TPSA) is 78.1 Å². The molecule has 4 rings (SSSR count). The molecule has 1 aromatic heterocycles. The Kier molecular flexibility index (Phi) is 5.95. The minimum Gasteiger partial charge on any atom is -0.352 e. The first-order valence-electron chi connectivity index (χ1n) is 9.58. The van der Waals surface area contributed by atoms with Gasteiger partial charge in [-0.05, 0) is 29.3 Å². The lowest BCUT2D eigenvalue weighted by Crippen LogP contribution is -2.36. The molecule has 0 saturated carbocycles. The summed E-state index contributed by atoms with van der Waals surface area (Å²) < 4.78 is 0. The van der Waals surface area contributed by atoms with E-state index < -0.39 is 0 Å². The van der Waals surface area contributed by atoms with Gasteiger partial charge in [-0.3, -0.25) is 14.7 Å². The molecule has 2 N–H and O–H groups in total. The second-order valence-corrected chi connectivity index (χ2v) is 7.94. The summed E-state index contributed by atoms with van der Waals surface area (Å²) in [5, 5.41) is 9.77. The number of nitrogens with one attached hydrogen (secondary N) is 2. The molecule has 148 valence electrons. The van der Waals surface area contributed by atoms with E-state index in [1.807, 2.05) is 54.6 Å². The summed E-state index contributed by atoms with van der Waals surface area (Å²) in [6.07, 6.45) is 2.12. The Bertz CT molecular complexity index is 986. The second kappa shape index (κ2) is 8.96. The number of anilines is 1. The van der Waals surface area contributed by atoms with Crippen LogP contribution in [0.1, 0.15) is 18.4 Å². The Morgan fingerprint density at radius 3 is 2.69 bits per heavy atom. The Hall–Kier alpha value is -3.06. The summed E-state index contributed by atoms with van der Waals surface area (Å²) in [5.74, 6) is 0.760. The first-order chi connectivity index (χ1) is 14.2. The average molecular weight is 407 g/mol. The van der Waals surface area contributed by atoms with Crippen molar-refractivity contribution in [3.05, 3.63) is 66.4 Å². The van der Waals surface area contributed by atoms with Crippen molar-refractivity contribution in [2.24, 2.45) is 0 Å². The molecule has 1 aliphatic rings. The summed E-state index contributed by atoms with van der Waals surface area (Å²) in [5.41, 5.74) is 3.96. The highest BCUT2D eigenvalue weighted by Gasteiger charge is 2.22. The molecule has 0 saturated heterocycles. The number of aromatic nitrogens is 2. The van der Waals surface area contributed by atoms with E-state index in [4.69, 9.17) is 0 Å². The molecule has 2 aromatic carbocycles. The predicted molar refractivity (Wildman–Crippen MR) is 115 cm³/mol. The Balaban J connectivity index is 1.26. The van der Waals surface area contributed by atoms with Crippen LogP contribution in [-0.2, 0) is 16.1 Å². The number of H-pyrrole nitrogens is 1. The van der Waals surface area contributed by atoms with E-state index in [0.717, 1.165) is 33.2 Å². The molecule has 29 heavy (non-hydrogen) atoms. The molecule has 0 atom stereocenters. The summed E-state index contributed by atoms with van der Waals surface area (Å²) in [6, 6.07) is 17.8. The standard InChI is InChI=1S/C22H22N4O2S/c27-21(23-15-16-5-7-17(8-6-16)18-11-12-24-25-18)9-10-22(28)26-13-14-29-20-4-2-1-3-19(20)26/h1-8,11-12H,9-10,13-15H2,(H,23,27)(H,24,25). The Morgan fingerprint density at radius 1 is 1.07 bits per heavy atom. The van der Waals surface area contributed by atoms with Crippen molar-refractivity contribution in [3.8, 4) is 11.3 Å². The highest BCUT2D eigenvalue weighted by atomic mass is 32.2.